The van der Waals surface area contributed by atoms with Gasteiger partial charge in [-0.05, 0) is 40.9 Å². The van der Waals surface area contributed by atoms with Gasteiger partial charge in [0.05, 0.1) is 10.2 Å². The lowest BCUT2D eigenvalue weighted by molar-refractivity contribution is 0.662. The second kappa shape index (κ2) is 5.48. The Kier molecular flexibility index (Phi) is 3.99. The Hall–Kier alpha value is -0.830. The molecule has 0 unspecified atom stereocenters. The monoisotopic (exact) mass is 280 g/mol. The van der Waals surface area contributed by atoms with Gasteiger partial charge >= 0.3 is 0 Å². The lowest BCUT2D eigenvalue weighted by atomic mass is 10.1. The van der Waals surface area contributed by atoms with Crippen molar-refractivity contribution in [3.8, 4) is 0 Å². The van der Waals surface area contributed by atoms with Crippen molar-refractivity contribution in [3.05, 3.63) is 34.7 Å². The van der Waals surface area contributed by atoms with Gasteiger partial charge in [0.25, 0.3) is 0 Å². The van der Waals surface area contributed by atoms with Crippen molar-refractivity contribution < 1.29 is 0 Å². The molecule has 3 heteroatoms. The first-order valence-electron chi connectivity index (χ1n) is 5.93. The summed E-state index contributed by atoms with van der Waals surface area (Å²) in [5.74, 6) is 0. The first kappa shape index (κ1) is 11.6. The molecule has 0 radical (unpaired) electrons. The summed E-state index contributed by atoms with van der Waals surface area (Å²) in [7, 11) is 0. The predicted octanol–water partition coefficient (Wildman–Crippen LogP) is 4.22. The summed E-state index contributed by atoms with van der Waals surface area (Å²) in [6.07, 6.45) is 10.4. The Morgan fingerprint density at radius 2 is 2.19 bits per heavy atom. The number of unbranched alkanes of at least 4 members (excludes halogenated alkanes) is 3. The number of fused-ring (bicyclic) bond motifs is 1. The van der Waals surface area contributed by atoms with Crippen molar-refractivity contribution in [1.29, 1.82) is 0 Å². The molecule has 16 heavy (non-hydrogen) atoms. The number of aryl methyl sites for hydroxylation is 1. The third-order valence-electron chi connectivity index (χ3n) is 2.77. The second-order valence-corrected chi connectivity index (χ2v) is 4.98. The third-order valence-corrected chi connectivity index (χ3v) is 3.39. The van der Waals surface area contributed by atoms with E-state index in [0.29, 0.717) is 0 Å². The molecule has 2 nitrogen and oxygen atoms in total. The van der Waals surface area contributed by atoms with E-state index in [-0.39, 0.29) is 0 Å². The van der Waals surface area contributed by atoms with Crippen molar-refractivity contribution in [3.63, 3.8) is 0 Å². The summed E-state index contributed by atoms with van der Waals surface area (Å²) in [6.45, 7) is 2.24. The fourth-order valence-corrected chi connectivity index (χ4v) is 2.33. The van der Waals surface area contributed by atoms with Crippen LogP contribution in [0.25, 0.3) is 5.65 Å². The van der Waals surface area contributed by atoms with Crippen molar-refractivity contribution in [2.24, 2.45) is 0 Å². The summed E-state index contributed by atoms with van der Waals surface area (Å²) in [6, 6.07) is 4.06. The first-order chi connectivity index (χ1) is 7.81. The molecule has 0 atom stereocenters. The molecule has 0 spiro atoms. The average Bonchev–Trinajstić information content (AvgIpc) is 2.69. The summed E-state index contributed by atoms with van der Waals surface area (Å²) < 4.78 is 3.15. The number of imidazole rings is 1. The fourth-order valence-electron chi connectivity index (χ4n) is 1.88. The van der Waals surface area contributed by atoms with Crippen LogP contribution in [0.5, 0.6) is 0 Å². The quantitative estimate of drug-likeness (QED) is 0.750. The van der Waals surface area contributed by atoms with Gasteiger partial charge in [0.15, 0.2) is 5.65 Å². The maximum atomic E-state index is 4.63. The van der Waals surface area contributed by atoms with Crippen molar-refractivity contribution in [2.75, 3.05) is 0 Å². The van der Waals surface area contributed by atoms with Gasteiger partial charge in [-0.15, -0.1) is 0 Å². The van der Waals surface area contributed by atoms with E-state index < -0.39 is 0 Å². The van der Waals surface area contributed by atoms with E-state index >= 15 is 0 Å². The van der Waals surface area contributed by atoms with Gasteiger partial charge < -0.3 is 4.40 Å². The number of hydrogen-bond donors (Lipinski definition) is 0. The van der Waals surface area contributed by atoms with Crippen LogP contribution in [-0.2, 0) is 6.42 Å². The van der Waals surface area contributed by atoms with Crippen LogP contribution >= 0.6 is 15.9 Å². The normalized spacial score (nSPS) is 11.1. The van der Waals surface area contributed by atoms with E-state index in [1.807, 2.05) is 18.3 Å². The standard InChI is InChI=1S/C13H17BrN2/c1-2-3-4-5-7-11-10-16-9-6-8-12(14)13(16)15-11/h6,8-10H,2-5,7H2,1H3. The van der Waals surface area contributed by atoms with Crippen LogP contribution in [0.3, 0.4) is 0 Å². The summed E-state index contributed by atoms with van der Waals surface area (Å²) in [4.78, 5) is 4.63. The first-order valence-corrected chi connectivity index (χ1v) is 6.72. The van der Waals surface area contributed by atoms with Crippen molar-refractivity contribution >= 4 is 21.6 Å². The summed E-state index contributed by atoms with van der Waals surface area (Å²) in [5, 5.41) is 0. The highest BCUT2D eigenvalue weighted by Crippen LogP contribution is 2.17. The molecule has 86 valence electrons. The van der Waals surface area contributed by atoms with Gasteiger partial charge in [-0.2, -0.15) is 0 Å². The summed E-state index contributed by atoms with van der Waals surface area (Å²) in [5.41, 5.74) is 2.22. The fraction of sp³-hybridized carbons (Fsp3) is 0.462. The highest BCUT2D eigenvalue weighted by atomic mass is 79.9. The highest BCUT2D eigenvalue weighted by molar-refractivity contribution is 9.10. The molecule has 0 fully saturated rings. The molecule has 0 aliphatic carbocycles. The van der Waals surface area contributed by atoms with Crippen LogP contribution in [0.15, 0.2) is 29.0 Å². The third kappa shape index (κ3) is 2.64. The topological polar surface area (TPSA) is 17.3 Å². The molecule has 2 rings (SSSR count). The van der Waals surface area contributed by atoms with Gasteiger partial charge in [0.1, 0.15) is 0 Å². The van der Waals surface area contributed by atoms with E-state index in [9.17, 15) is 0 Å². The predicted molar refractivity (Wildman–Crippen MR) is 70.7 cm³/mol. The van der Waals surface area contributed by atoms with Gasteiger partial charge in [0, 0.05) is 12.4 Å². The Morgan fingerprint density at radius 1 is 1.31 bits per heavy atom. The molecule has 2 heterocycles. The molecule has 0 saturated carbocycles. The molecule has 2 aromatic heterocycles. The highest BCUT2D eigenvalue weighted by Gasteiger charge is 2.03. The van der Waals surface area contributed by atoms with Crippen LogP contribution in [0.2, 0.25) is 0 Å². The zero-order valence-electron chi connectivity index (χ0n) is 9.62. The van der Waals surface area contributed by atoms with Gasteiger partial charge in [-0.3, -0.25) is 0 Å². The molecular formula is C13H17BrN2. The molecule has 0 aliphatic rings. The number of nitrogens with zero attached hydrogens (tertiary/aromatic N) is 2. The molecule has 0 saturated heterocycles. The molecule has 0 N–H and O–H groups in total. The Bertz CT molecular complexity index is 462. The number of halogens is 1. The maximum Gasteiger partial charge on any atom is 0.151 e. The Morgan fingerprint density at radius 3 is 2.94 bits per heavy atom. The zero-order valence-corrected chi connectivity index (χ0v) is 11.2. The van der Waals surface area contributed by atoms with Crippen molar-refractivity contribution in [2.45, 2.75) is 39.0 Å². The van der Waals surface area contributed by atoms with Crippen LogP contribution in [0.1, 0.15) is 38.3 Å². The minimum absolute atomic E-state index is 1.02. The molecule has 0 amide bonds. The van der Waals surface area contributed by atoms with Gasteiger partial charge in [-0.1, -0.05) is 26.2 Å². The summed E-state index contributed by atoms with van der Waals surface area (Å²) >= 11 is 3.52. The second-order valence-electron chi connectivity index (χ2n) is 4.13. The molecule has 2 aromatic rings. The van der Waals surface area contributed by atoms with Crippen LogP contribution in [0.4, 0.5) is 0 Å². The number of rotatable bonds is 5. The maximum absolute atomic E-state index is 4.63. The van der Waals surface area contributed by atoms with E-state index in [1.165, 1.54) is 31.4 Å². The average molecular weight is 281 g/mol. The van der Waals surface area contributed by atoms with Crippen LogP contribution in [-0.4, -0.2) is 9.38 Å². The molecular weight excluding hydrogens is 264 g/mol. The Balaban J connectivity index is 2.05. The smallest absolute Gasteiger partial charge is 0.151 e. The molecule has 0 aromatic carbocycles. The van der Waals surface area contributed by atoms with Crippen molar-refractivity contribution in [1.82, 2.24) is 9.38 Å². The Labute approximate surface area is 105 Å². The molecule has 0 bridgehead atoms. The van der Waals surface area contributed by atoms with E-state index in [1.54, 1.807) is 0 Å². The van der Waals surface area contributed by atoms with Crippen LogP contribution < -0.4 is 0 Å². The largest absolute Gasteiger partial charge is 0.306 e. The number of pyridine rings is 1. The minimum atomic E-state index is 1.02. The van der Waals surface area contributed by atoms with Gasteiger partial charge in [-0.25, -0.2) is 4.98 Å². The van der Waals surface area contributed by atoms with Crippen LogP contribution in [0, 0.1) is 0 Å². The molecule has 0 aliphatic heterocycles. The number of hydrogen-bond acceptors (Lipinski definition) is 1. The minimum Gasteiger partial charge on any atom is -0.306 e. The van der Waals surface area contributed by atoms with E-state index in [2.05, 4.69) is 38.4 Å². The SMILES string of the molecule is CCCCCCc1cn2cccc(Br)c2n1. The number of aromatic nitrogens is 2. The zero-order chi connectivity index (χ0) is 11.4. The van der Waals surface area contributed by atoms with E-state index in [0.717, 1.165) is 16.5 Å². The van der Waals surface area contributed by atoms with E-state index in [4.69, 9.17) is 0 Å². The lowest BCUT2D eigenvalue weighted by Gasteiger charge is -1.95. The lowest BCUT2D eigenvalue weighted by Crippen LogP contribution is -1.85. The van der Waals surface area contributed by atoms with Gasteiger partial charge in [0.2, 0.25) is 0 Å².